The molecule has 0 spiro atoms. The number of hydrogen-bond donors (Lipinski definition) is 0. The molecule has 2 bridgehead atoms. The van der Waals surface area contributed by atoms with Crippen molar-refractivity contribution in [2.24, 2.45) is 11.3 Å². The molecule has 1 saturated carbocycles. The molecule has 0 aromatic heterocycles. The van der Waals surface area contributed by atoms with Gasteiger partial charge in [-0.3, -0.25) is 4.79 Å². The number of amides is 1. The molecule has 2 fully saturated rings. The van der Waals surface area contributed by atoms with Crippen molar-refractivity contribution < 1.29 is 23.5 Å². The van der Waals surface area contributed by atoms with Crippen molar-refractivity contribution in [1.29, 1.82) is 0 Å². The van der Waals surface area contributed by atoms with Crippen LogP contribution in [0.3, 0.4) is 0 Å². The minimum absolute atomic E-state index is 0.00252. The Morgan fingerprint density at radius 2 is 2.12 bits per heavy atom. The number of carbonyl (C=O) groups excluding carboxylic acids is 2. The van der Waals surface area contributed by atoms with E-state index in [1.54, 1.807) is 6.07 Å². The first kappa shape index (κ1) is 23.8. The largest absolute Gasteiger partial charge is 0.493 e. The van der Waals surface area contributed by atoms with Gasteiger partial charge in [0, 0.05) is 18.0 Å². The summed E-state index contributed by atoms with van der Waals surface area (Å²) in [5, 5.41) is 0. The van der Waals surface area contributed by atoms with Gasteiger partial charge in [-0.05, 0) is 68.4 Å². The van der Waals surface area contributed by atoms with Crippen LogP contribution in [0.5, 0.6) is 5.75 Å². The Bertz CT molecular complexity index is 958. The summed E-state index contributed by atoms with van der Waals surface area (Å²) in [6.07, 6.45) is 8.83. The smallest absolute Gasteiger partial charge is 0.328 e. The number of ether oxygens (including phenoxy) is 2. The molecule has 3 aliphatic rings. The lowest BCUT2D eigenvalue weighted by atomic mass is 9.72. The Labute approximate surface area is 196 Å². The first-order chi connectivity index (χ1) is 15.8. The van der Waals surface area contributed by atoms with E-state index in [1.807, 2.05) is 0 Å². The number of likely N-dealkylation sites (tertiary alicyclic amines) is 1. The number of fused-ring (bicyclic) bond motifs is 2. The topological polar surface area (TPSA) is 55.8 Å². The van der Waals surface area contributed by atoms with Crippen molar-refractivity contribution >= 4 is 11.9 Å². The number of carbonyl (C=O) groups is 2. The molecule has 1 aromatic rings. The molecule has 6 heteroatoms. The molecule has 1 heterocycles. The lowest BCUT2D eigenvalue weighted by molar-refractivity contribution is -0.145. The highest BCUT2D eigenvalue weighted by atomic mass is 19.1. The summed E-state index contributed by atoms with van der Waals surface area (Å²) in [5.74, 6) is -0.218. The predicted octanol–water partition coefficient (Wildman–Crippen LogP) is 5.63. The van der Waals surface area contributed by atoms with Gasteiger partial charge in [0.2, 0.25) is 0 Å². The maximum Gasteiger partial charge on any atom is 0.328 e. The monoisotopic (exact) mass is 457 g/mol. The van der Waals surface area contributed by atoms with Gasteiger partial charge in [-0.2, -0.15) is 0 Å². The van der Waals surface area contributed by atoms with Gasteiger partial charge in [-0.25, -0.2) is 9.18 Å². The summed E-state index contributed by atoms with van der Waals surface area (Å²) in [4.78, 5) is 26.8. The number of rotatable bonds is 7. The zero-order valence-electron chi connectivity index (χ0n) is 20.3. The van der Waals surface area contributed by atoms with Gasteiger partial charge in [0.15, 0.2) is 0 Å². The highest BCUT2D eigenvalue weighted by Crippen LogP contribution is 2.50. The van der Waals surface area contributed by atoms with Gasteiger partial charge in [0.1, 0.15) is 17.6 Å². The van der Waals surface area contributed by atoms with Gasteiger partial charge in [0.05, 0.1) is 19.3 Å². The number of esters is 1. The lowest BCUT2D eigenvalue weighted by Crippen LogP contribution is -2.41. The Morgan fingerprint density at radius 3 is 2.85 bits per heavy atom. The molecule has 0 radical (unpaired) electrons. The summed E-state index contributed by atoms with van der Waals surface area (Å²) in [7, 11) is 1.31. The van der Waals surface area contributed by atoms with Crippen molar-refractivity contribution in [1.82, 2.24) is 4.90 Å². The van der Waals surface area contributed by atoms with Gasteiger partial charge < -0.3 is 14.4 Å². The van der Waals surface area contributed by atoms with Crippen molar-refractivity contribution in [2.45, 2.75) is 77.7 Å². The quantitative estimate of drug-likeness (QED) is 0.393. The molecule has 1 aliphatic heterocycles. The second-order valence-corrected chi connectivity index (χ2v) is 10.4. The zero-order valence-corrected chi connectivity index (χ0v) is 20.3. The Morgan fingerprint density at radius 1 is 1.33 bits per heavy atom. The molecule has 4 unspecified atom stereocenters. The third-order valence-electron chi connectivity index (χ3n) is 7.81. The van der Waals surface area contributed by atoms with Crippen molar-refractivity contribution in [2.75, 3.05) is 20.3 Å². The zero-order chi connectivity index (χ0) is 23.8. The summed E-state index contributed by atoms with van der Waals surface area (Å²) in [6, 6.07) is 2.37. The molecule has 4 rings (SSSR count). The number of nitrogens with zero attached hydrogens (tertiary/aromatic N) is 1. The fourth-order valence-corrected chi connectivity index (χ4v) is 5.97. The average molecular weight is 458 g/mol. The van der Waals surface area contributed by atoms with Crippen molar-refractivity contribution in [3.8, 4) is 5.75 Å². The highest BCUT2D eigenvalue weighted by molar-refractivity contribution is 5.97. The summed E-state index contributed by atoms with van der Waals surface area (Å²) in [6.45, 7) is 7.41. The van der Waals surface area contributed by atoms with E-state index in [1.165, 1.54) is 30.1 Å². The first-order valence-corrected chi connectivity index (χ1v) is 12.3. The van der Waals surface area contributed by atoms with Crippen LogP contribution in [0.15, 0.2) is 23.8 Å². The van der Waals surface area contributed by atoms with Gasteiger partial charge >= 0.3 is 5.97 Å². The Balaban J connectivity index is 1.58. The van der Waals surface area contributed by atoms with Crippen LogP contribution in [0.25, 0.3) is 0 Å². The molecule has 1 saturated heterocycles. The average Bonchev–Trinajstić information content (AvgIpc) is 3.41. The molecule has 2 aliphatic carbocycles. The van der Waals surface area contributed by atoms with Crippen LogP contribution in [-0.2, 0) is 9.53 Å². The SMILES string of the molecule is CCC(C)c1cc(C(=O)N2CCCC2C(=O)OC)c(F)cc1OCC12CC=C(CC(C)C1)C2. The van der Waals surface area contributed by atoms with E-state index in [-0.39, 0.29) is 16.9 Å². The van der Waals surface area contributed by atoms with E-state index < -0.39 is 23.7 Å². The molecule has 4 atom stereocenters. The van der Waals surface area contributed by atoms with E-state index in [9.17, 15) is 9.59 Å². The van der Waals surface area contributed by atoms with Crippen LogP contribution in [0.1, 0.15) is 87.6 Å². The molecule has 180 valence electrons. The third-order valence-corrected chi connectivity index (χ3v) is 7.81. The van der Waals surface area contributed by atoms with E-state index in [2.05, 4.69) is 26.8 Å². The molecule has 33 heavy (non-hydrogen) atoms. The predicted molar refractivity (Wildman–Crippen MR) is 125 cm³/mol. The fraction of sp³-hybridized carbons (Fsp3) is 0.630. The van der Waals surface area contributed by atoms with Crippen LogP contribution in [0.4, 0.5) is 4.39 Å². The van der Waals surface area contributed by atoms with Crippen LogP contribution >= 0.6 is 0 Å². The van der Waals surface area contributed by atoms with Gasteiger partial charge in [0.25, 0.3) is 5.91 Å². The molecule has 1 amide bonds. The number of methoxy groups -OCH3 is 1. The van der Waals surface area contributed by atoms with E-state index in [4.69, 9.17) is 9.47 Å². The Hall–Kier alpha value is -2.37. The minimum atomic E-state index is -0.652. The summed E-state index contributed by atoms with van der Waals surface area (Å²) < 4.78 is 26.4. The van der Waals surface area contributed by atoms with Crippen LogP contribution < -0.4 is 4.74 Å². The molecule has 1 aromatic carbocycles. The number of allylic oxidation sites excluding steroid dienone is 2. The van der Waals surface area contributed by atoms with Crippen LogP contribution in [0.2, 0.25) is 0 Å². The standard InChI is InChI=1S/C27H36FNO4/c1-5-18(3)20-12-21(25(30)29-10-6-7-23(29)26(31)32-4)22(28)13-24(20)33-16-27-9-8-19(15-27)11-17(2)14-27/h8,12-13,17-18,23H,5-7,9-11,14-16H2,1-4H3. The van der Waals surface area contributed by atoms with E-state index >= 15 is 4.39 Å². The van der Waals surface area contributed by atoms with E-state index in [0.717, 1.165) is 31.2 Å². The second kappa shape index (κ2) is 9.47. The van der Waals surface area contributed by atoms with Crippen molar-refractivity contribution in [3.63, 3.8) is 0 Å². The number of halogens is 1. The van der Waals surface area contributed by atoms with Crippen LogP contribution in [-0.4, -0.2) is 43.1 Å². The molecule has 5 nitrogen and oxygen atoms in total. The lowest BCUT2D eigenvalue weighted by Gasteiger charge is -2.36. The number of benzene rings is 1. The summed E-state index contributed by atoms with van der Waals surface area (Å²) in [5.41, 5.74) is 2.48. The second-order valence-electron chi connectivity index (χ2n) is 10.4. The maximum absolute atomic E-state index is 15.3. The first-order valence-electron chi connectivity index (χ1n) is 12.3. The third kappa shape index (κ3) is 4.67. The molecular formula is C27H36FNO4. The van der Waals surface area contributed by atoms with Crippen LogP contribution in [0, 0.1) is 17.2 Å². The molecule has 0 N–H and O–H groups in total. The maximum atomic E-state index is 15.3. The van der Waals surface area contributed by atoms with Gasteiger partial charge in [-0.1, -0.05) is 32.4 Å². The Kier molecular flexibility index (Phi) is 6.83. The van der Waals surface area contributed by atoms with Crippen molar-refractivity contribution in [3.05, 3.63) is 40.7 Å². The molecular weight excluding hydrogens is 421 g/mol. The summed E-state index contributed by atoms with van der Waals surface area (Å²) >= 11 is 0. The number of hydrogen-bond acceptors (Lipinski definition) is 4. The van der Waals surface area contributed by atoms with E-state index in [0.29, 0.717) is 37.7 Å². The highest BCUT2D eigenvalue weighted by Gasteiger charge is 2.41. The fourth-order valence-electron chi connectivity index (χ4n) is 5.97. The van der Waals surface area contributed by atoms with Gasteiger partial charge in [-0.15, -0.1) is 0 Å². The normalized spacial score (nSPS) is 27.3. The minimum Gasteiger partial charge on any atom is -0.493 e.